The summed E-state index contributed by atoms with van der Waals surface area (Å²) in [5.41, 5.74) is 4.57. The van der Waals surface area contributed by atoms with Gasteiger partial charge in [0.1, 0.15) is 0 Å². The molecule has 8 rings (SSSR count). The molecule has 6 nitrogen and oxygen atoms in total. The van der Waals surface area contributed by atoms with Gasteiger partial charge in [-0.25, -0.2) is 0 Å². The van der Waals surface area contributed by atoms with Crippen molar-refractivity contribution in [1.29, 1.82) is 0 Å². The molecule has 0 saturated carbocycles. The topological polar surface area (TPSA) is 64.3 Å². The van der Waals surface area contributed by atoms with E-state index in [0.717, 1.165) is 34.6 Å². The number of aromatic nitrogens is 3. The molecule has 34 heavy (non-hydrogen) atoms. The molecule has 170 valence electrons. The number of para-hydroxylation sites is 2. The predicted molar refractivity (Wildman–Crippen MR) is 134 cm³/mol. The highest BCUT2D eigenvalue weighted by molar-refractivity contribution is 6.36. The highest BCUT2D eigenvalue weighted by Crippen LogP contribution is 2.50. The Hall–Kier alpha value is -3.48. The number of hydrogen-bond donors (Lipinski definition) is 2. The minimum absolute atomic E-state index is 0.212. The van der Waals surface area contributed by atoms with E-state index in [2.05, 4.69) is 62.6 Å². The maximum Gasteiger partial charge on any atom is 0.197 e. The average Bonchev–Trinajstić information content (AvgIpc) is 3.44. The predicted octanol–water partition coefficient (Wildman–Crippen LogP) is 5.87. The van der Waals surface area contributed by atoms with Crippen LogP contribution in [0.15, 0.2) is 54.7 Å². The molecular weight excluding hydrogens is 426 g/mol. The molecule has 2 aliphatic rings. The number of H-pyrrole nitrogens is 1. The highest BCUT2D eigenvalue weighted by Gasteiger charge is 2.44. The number of aromatic hydroxyl groups is 1. The van der Waals surface area contributed by atoms with Crippen LogP contribution < -0.4 is 0 Å². The van der Waals surface area contributed by atoms with E-state index in [4.69, 9.17) is 9.47 Å². The summed E-state index contributed by atoms with van der Waals surface area (Å²) in [6.45, 7) is 6.82. The Labute approximate surface area is 195 Å². The van der Waals surface area contributed by atoms with E-state index in [1.54, 1.807) is 0 Å². The van der Waals surface area contributed by atoms with Crippen LogP contribution in [0.25, 0.3) is 54.4 Å². The van der Waals surface area contributed by atoms with E-state index in [1.807, 2.05) is 20.0 Å². The van der Waals surface area contributed by atoms with Crippen LogP contribution >= 0.6 is 0 Å². The van der Waals surface area contributed by atoms with Gasteiger partial charge in [0, 0.05) is 57.3 Å². The monoisotopic (exact) mass is 451 g/mol. The molecule has 1 spiro atoms. The molecule has 3 aromatic carbocycles. The first kappa shape index (κ1) is 18.9. The molecule has 0 atom stereocenters. The fraction of sp³-hybridized carbons (Fsp3) is 0.286. The second kappa shape index (κ2) is 5.95. The minimum Gasteiger partial charge on any atom is -0.494 e. The van der Waals surface area contributed by atoms with E-state index in [1.165, 1.54) is 32.8 Å². The Bertz CT molecular complexity index is 1810. The third-order valence-electron chi connectivity index (χ3n) is 7.98. The zero-order chi connectivity index (χ0) is 22.8. The molecule has 2 N–H and O–H groups in total. The normalized spacial score (nSPS) is 19.4. The molecule has 0 unspecified atom stereocenters. The van der Waals surface area contributed by atoms with Gasteiger partial charge < -0.3 is 28.7 Å². The maximum absolute atomic E-state index is 11.0. The Morgan fingerprint density at radius 3 is 1.97 bits per heavy atom. The standard InChI is InChI=1S/C28H25N3O3/c1-27(2)33-14-28(15-34-27)12-30-19-9-5-3-7-16(19)21-18-11-29-26(32)23(18)22-17-8-4-6-10-20(17)31(13-28)25(22)24(21)30/h3-11,29,32H,12-15H2,1-2H3. The van der Waals surface area contributed by atoms with Gasteiger partial charge in [0.25, 0.3) is 0 Å². The van der Waals surface area contributed by atoms with Gasteiger partial charge in [-0.05, 0) is 26.0 Å². The van der Waals surface area contributed by atoms with Crippen molar-refractivity contribution in [2.75, 3.05) is 13.2 Å². The second-order valence-electron chi connectivity index (χ2n) is 10.6. The fourth-order valence-electron chi connectivity index (χ4n) is 6.46. The van der Waals surface area contributed by atoms with Gasteiger partial charge in [-0.3, -0.25) is 0 Å². The lowest BCUT2D eigenvalue weighted by molar-refractivity contribution is -0.289. The number of rotatable bonds is 0. The minimum atomic E-state index is -0.574. The van der Waals surface area contributed by atoms with Crippen LogP contribution in [0.2, 0.25) is 0 Å². The summed E-state index contributed by atoms with van der Waals surface area (Å²) in [7, 11) is 0. The van der Waals surface area contributed by atoms with Crippen molar-refractivity contribution < 1.29 is 14.6 Å². The van der Waals surface area contributed by atoms with Gasteiger partial charge in [-0.1, -0.05) is 36.4 Å². The highest BCUT2D eigenvalue weighted by atomic mass is 16.7. The first-order valence-electron chi connectivity index (χ1n) is 11.9. The molecule has 6 heteroatoms. The van der Waals surface area contributed by atoms with E-state index < -0.39 is 5.79 Å². The molecule has 0 amide bonds. The molecule has 2 aliphatic heterocycles. The van der Waals surface area contributed by atoms with Crippen LogP contribution in [0, 0.1) is 5.41 Å². The lowest BCUT2D eigenvalue weighted by Crippen LogP contribution is -2.50. The zero-order valence-electron chi connectivity index (χ0n) is 19.2. The Morgan fingerprint density at radius 2 is 1.32 bits per heavy atom. The number of nitrogens with zero attached hydrogens (tertiary/aromatic N) is 2. The first-order valence-corrected chi connectivity index (χ1v) is 11.9. The van der Waals surface area contributed by atoms with E-state index in [0.29, 0.717) is 13.2 Å². The summed E-state index contributed by atoms with van der Waals surface area (Å²) in [6.07, 6.45) is 1.96. The molecule has 0 radical (unpaired) electrons. The third-order valence-corrected chi connectivity index (χ3v) is 7.98. The van der Waals surface area contributed by atoms with Crippen molar-refractivity contribution in [3.63, 3.8) is 0 Å². The number of fused-ring (bicyclic) bond motifs is 9. The summed E-state index contributed by atoms with van der Waals surface area (Å²) < 4.78 is 17.5. The van der Waals surface area contributed by atoms with Crippen molar-refractivity contribution in [3.05, 3.63) is 54.7 Å². The lowest BCUT2D eigenvalue weighted by atomic mass is 9.88. The molecule has 0 bridgehead atoms. The van der Waals surface area contributed by atoms with Crippen LogP contribution in [0.1, 0.15) is 13.8 Å². The van der Waals surface area contributed by atoms with Gasteiger partial charge in [-0.2, -0.15) is 0 Å². The van der Waals surface area contributed by atoms with Gasteiger partial charge in [0.15, 0.2) is 11.7 Å². The summed E-state index contributed by atoms with van der Waals surface area (Å²) in [5, 5.41) is 17.6. The fourth-order valence-corrected chi connectivity index (χ4v) is 6.46. The molecule has 6 aromatic rings. The Morgan fingerprint density at radius 1 is 0.765 bits per heavy atom. The Balaban J connectivity index is 1.63. The van der Waals surface area contributed by atoms with Gasteiger partial charge in [-0.15, -0.1) is 0 Å². The molecule has 1 saturated heterocycles. The molecule has 3 aromatic heterocycles. The number of hydrogen-bond acceptors (Lipinski definition) is 3. The second-order valence-corrected chi connectivity index (χ2v) is 10.6. The number of aromatic amines is 1. The maximum atomic E-state index is 11.0. The lowest BCUT2D eigenvalue weighted by Gasteiger charge is -2.43. The van der Waals surface area contributed by atoms with Crippen LogP contribution in [-0.4, -0.2) is 38.2 Å². The molecule has 1 fully saturated rings. The van der Waals surface area contributed by atoms with Crippen LogP contribution in [0.3, 0.4) is 0 Å². The van der Waals surface area contributed by atoms with E-state index in [9.17, 15) is 5.11 Å². The van der Waals surface area contributed by atoms with Crippen LogP contribution in [0.4, 0.5) is 0 Å². The van der Waals surface area contributed by atoms with E-state index in [-0.39, 0.29) is 11.3 Å². The smallest absolute Gasteiger partial charge is 0.197 e. The van der Waals surface area contributed by atoms with Crippen molar-refractivity contribution in [1.82, 2.24) is 14.1 Å². The molecular formula is C28H25N3O3. The molecule has 5 heterocycles. The summed E-state index contributed by atoms with van der Waals surface area (Å²) in [4.78, 5) is 3.11. The van der Waals surface area contributed by atoms with Crippen molar-refractivity contribution in [2.24, 2.45) is 5.41 Å². The van der Waals surface area contributed by atoms with Crippen molar-refractivity contribution in [3.8, 4) is 5.88 Å². The van der Waals surface area contributed by atoms with Crippen LogP contribution in [0.5, 0.6) is 5.88 Å². The number of nitrogens with one attached hydrogen (secondary N) is 1. The average molecular weight is 452 g/mol. The largest absolute Gasteiger partial charge is 0.494 e. The zero-order valence-corrected chi connectivity index (χ0v) is 19.2. The number of benzene rings is 3. The van der Waals surface area contributed by atoms with Gasteiger partial charge >= 0.3 is 0 Å². The van der Waals surface area contributed by atoms with Crippen molar-refractivity contribution >= 4 is 54.4 Å². The number of ether oxygens (including phenoxy) is 2. The SMILES string of the molecule is CC1(C)OCC2(CO1)Cn1c3ccccc3c3c4c[nH]c(O)c4c4c5ccccc5n(c4c31)C2. The summed E-state index contributed by atoms with van der Waals surface area (Å²) in [5.74, 6) is -0.351. The van der Waals surface area contributed by atoms with Gasteiger partial charge in [0.05, 0.1) is 35.0 Å². The van der Waals surface area contributed by atoms with E-state index >= 15 is 0 Å². The summed E-state index contributed by atoms with van der Waals surface area (Å²) >= 11 is 0. The van der Waals surface area contributed by atoms with Crippen molar-refractivity contribution in [2.45, 2.75) is 32.7 Å². The molecule has 0 aliphatic carbocycles. The third kappa shape index (κ3) is 2.18. The Kier molecular flexibility index (Phi) is 3.31. The summed E-state index contributed by atoms with van der Waals surface area (Å²) in [6, 6.07) is 17.2. The quantitative estimate of drug-likeness (QED) is 0.303. The van der Waals surface area contributed by atoms with Crippen LogP contribution in [-0.2, 0) is 22.6 Å². The first-order chi connectivity index (χ1) is 16.5. The van der Waals surface area contributed by atoms with Gasteiger partial charge in [0.2, 0.25) is 0 Å².